The number of hydrogen-bond acceptors (Lipinski definition) is 3. The number of halogens is 2. The van der Waals surface area contributed by atoms with Crippen LogP contribution in [0.3, 0.4) is 0 Å². The normalized spacial score (nSPS) is 18.1. The van der Waals surface area contributed by atoms with Gasteiger partial charge >= 0.3 is 6.03 Å². The van der Waals surface area contributed by atoms with Crippen LogP contribution in [0.4, 0.5) is 4.79 Å². The van der Waals surface area contributed by atoms with Gasteiger partial charge in [-0.05, 0) is 68.5 Å². The van der Waals surface area contributed by atoms with E-state index in [1.807, 2.05) is 66.2 Å². The molecule has 0 aliphatic carbocycles. The second-order valence-electron chi connectivity index (χ2n) is 10.0. The van der Waals surface area contributed by atoms with E-state index in [0.29, 0.717) is 22.6 Å². The van der Waals surface area contributed by atoms with Crippen LogP contribution in [0.1, 0.15) is 53.1 Å². The first-order chi connectivity index (χ1) is 17.3. The summed E-state index contributed by atoms with van der Waals surface area (Å²) in [4.78, 5) is 31.7. The lowest BCUT2D eigenvalue weighted by molar-refractivity contribution is 0.0777. The summed E-state index contributed by atoms with van der Waals surface area (Å²) in [7, 11) is 1.87. The summed E-state index contributed by atoms with van der Waals surface area (Å²) < 4.78 is 0. The van der Waals surface area contributed by atoms with Crippen LogP contribution in [0.5, 0.6) is 0 Å². The Morgan fingerprint density at radius 1 is 1.11 bits per heavy atom. The molecular weight excluding hydrogens is 495 g/mol. The van der Waals surface area contributed by atoms with Crippen molar-refractivity contribution < 1.29 is 9.59 Å². The first-order valence-corrected chi connectivity index (χ1v) is 13.6. The average Bonchev–Trinajstić information content (AvgIpc) is 2.88. The van der Waals surface area contributed by atoms with Crippen LogP contribution in [0, 0.1) is 6.92 Å². The second-order valence-corrected chi connectivity index (χ2v) is 10.8. The lowest BCUT2D eigenvalue weighted by Crippen LogP contribution is -2.54. The Hall–Kier alpha value is -2.28. The van der Waals surface area contributed by atoms with Crippen molar-refractivity contribution in [2.45, 2.75) is 44.6 Å². The van der Waals surface area contributed by atoms with Gasteiger partial charge in [0.1, 0.15) is 0 Å². The Morgan fingerprint density at radius 3 is 2.56 bits per heavy atom. The topological polar surface area (TPSA) is 55.9 Å². The summed E-state index contributed by atoms with van der Waals surface area (Å²) in [5.41, 5.74) is 2.80. The van der Waals surface area contributed by atoms with Crippen molar-refractivity contribution in [3.8, 4) is 0 Å². The van der Waals surface area contributed by atoms with E-state index in [2.05, 4.69) is 10.2 Å². The van der Waals surface area contributed by atoms with Gasteiger partial charge in [-0.1, -0.05) is 47.5 Å². The van der Waals surface area contributed by atoms with Crippen LogP contribution in [-0.4, -0.2) is 79.0 Å². The van der Waals surface area contributed by atoms with Crippen LogP contribution >= 0.6 is 23.2 Å². The van der Waals surface area contributed by atoms with E-state index in [9.17, 15) is 9.59 Å². The number of likely N-dealkylation sites (N-methyl/N-ethyl adjacent to an activating group) is 1. The maximum atomic E-state index is 13.2. The molecule has 0 spiro atoms. The first-order valence-electron chi connectivity index (χ1n) is 12.9. The predicted octanol–water partition coefficient (Wildman–Crippen LogP) is 5.43. The Kier molecular flexibility index (Phi) is 9.15. The fourth-order valence-electron chi connectivity index (χ4n) is 5.35. The fraction of sp³-hybridized carbons (Fsp3) is 0.500. The molecule has 4 rings (SSSR count). The van der Waals surface area contributed by atoms with Crippen LogP contribution in [0.2, 0.25) is 10.0 Å². The molecule has 3 amide bonds. The molecule has 2 heterocycles. The Bertz CT molecular complexity index is 1070. The van der Waals surface area contributed by atoms with E-state index in [4.69, 9.17) is 23.2 Å². The smallest absolute Gasteiger partial charge is 0.317 e. The summed E-state index contributed by atoms with van der Waals surface area (Å²) in [6.45, 7) is 7.07. The number of nitrogens with one attached hydrogen (secondary N) is 1. The molecule has 0 bridgehead atoms. The zero-order valence-corrected chi connectivity index (χ0v) is 22.7. The molecule has 2 aromatic rings. The number of nitrogens with zero attached hydrogens (tertiary/aromatic N) is 3. The van der Waals surface area contributed by atoms with Gasteiger partial charge in [0, 0.05) is 57.3 Å². The first kappa shape index (κ1) is 26.8. The molecule has 2 fully saturated rings. The Balaban J connectivity index is 1.40. The molecule has 1 atom stereocenters. The lowest BCUT2D eigenvalue weighted by Gasteiger charge is -2.40. The predicted molar refractivity (Wildman–Crippen MR) is 146 cm³/mol. The number of benzene rings is 2. The van der Waals surface area contributed by atoms with Crippen molar-refractivity contribution in [1.29, 1.82) is 0 Å². The van der Waals surface area contributed by atoms with Crippen molar-refractivity contribution in [1.82, 2.24) is 20.0 Å². The number of amides is 3. The summed E-state index contributed by atoms with van der Waals surface area (Å²) in [5, 5.41) is 4.04. The van der Waals surface area contributed by atoms with Crippen molar-refractivity contribution in [2.75, 3.05) is 46.3 Å². The van der Waals surface area contributed by atoms with Crippen LogP contribution in [0.25, 0.3) is 0 Å². The number of aryl methyl sites for hydroxylation is 1. The molecule has 0 saturated carbocycles. The second kappa shape index (κ2) is 12.3. The molecule has 0 radical (unpaired) electrons. The summed E-state index contributed by atoms with van der Waals surface area (Å²) in [6.07, 6.45) is 3.91. The fourth-order valence-corrected chi connectivity index (χ4v) is 5.66. The highest BCUT2D eigenvalue weighted by molar-refractivity contribution is 6.42. The maximum absolute atomic E-state index is 13.2. The number of urea groups is 1. The zero-order valence-electron chi connectivity index (χ0n) is 21.2. The third kappa shape index (κ3) is 6.53. The molecule has 194 valence electrons. The van der Waals surface area contributed by atoms with Gasteiger partial charge in [-0.3, -0.25) is 4.79 Å². The van der Waals surface area contributed by atoms with Gasteiger partial charge in [-0.15, -0.1) is 0 Å². The molecule has 2 aromatic carbocycles. The average molecular weight is 532 g/mol. The number of carbonyl (C=O) groups excluding carboxylic acids is 2. The Morgan fingerprint density at radius 2 is 1.86 bits per heavy atom. The van der Waals surface area contributed by atoms with Crippen molar-refractivity contribution >= 4 is 35.1 Å². The molecule has 2 aliphatic rings. The number of hydrogen-bond donors (Lipinski definition) is 1. The van der Waals surface area contributed by atoms with Gasteiger partial charge in [0.05, 0.1) is 10.0 Å². The van der Waals surface area contributed by atoms with E-state index in [1.54, 1.807) is 0 Å². The number of rotatable bonds is 8. The monoisotopic (exact) mass is 530 g/mol. The molecule has 0 aromatic heterocycles. The molecule has 36 heavy (non-hydrogen) atoms. The SMILES string of the molecule is Cc1ccccc1C(=O)N(C)C[C@@H](CCN1CCC(N2CCCNC2=O)CC1)c1ccc(Cl)c(Cl)c1. The van der Waals surface area contributed by atoms with Gasteiger partial charge in [-0.2, -0.15) is 0 Å². The van der Waals surface area contributed by atoms with Gasteiger partial charge < -0.3 is 20.0 Å². The van der Waals surface area contributed by atoms with E-state index < -0.39 is 0 Å². The minimum Gasteiger partial charge on any atom is -0.341 e. The van der Waals surface area contributed by atoms with Crippen molar-refractivity contribution in [3.05, 3.63) is 69.2 Å². The highest BCUT2D eigenvalue weighted by Crippen LogP contribution is 2.30. The van der Waals surface area contributed by atoms with E-state index in [0.717, 1.165) is 75.1 Å². The van der Waals surface area contributed by atoms with Gasteiger partial charge in [0.25, 0.3) is 5.91 Å². The standard InChI is InChI=1S/C28H36Cl2N4O2/c1-20-6-3-4-7-24(20)27(35)32(2)19-22(21-8-9-25(29)26(30)18-21)10-15-33-16-11-23(12-17-33)34-14-5-13-31-28(34)36/h3-4,6-9,18,22-23H,5,10-17,19H2,1-2H3,(H,31,36)/t22-/m1/s1. The largest absolute Gasteiger partial charge is 0.341 e. The van der Waals surface area contributed by atoms with Gasteiger partial charge in [0.15, 0.2) is 0 Å². The lowest BCUT2D eigenvalue weighted by atomic mass is 9.93. The van der Waals surface area contributed by atoms with Crippen LogP contribution < -0.4 is 5.32 Å². The van der Waals surface area contributed by atoms with Crippen LogP contribution in [-0.2, 0) is 0 Å². The molecule has 2 aliphatic heterocycles. The molecular formula is C28H36Cl2N4O2. The van der Waals surface area contributed by atoms with E-state index in [1.165, 1.54) is 0 Å². The van der Waals surface area contributed by atoms with E-state index >= 15 is 0 Å². The number of likely N-dealkylation sites (tertiary alicyclic amines) is 1. The number of carbonyl (C=O) groups is 2. The summed E-state index contributed by atoms with van der Waals surface area (Å²) >= 11 is 12.6. The van der Waals surface area contributed by atoms with Crippen LogP contribution in [0.15, 0.2) is 42.5 Å². The number of piperidine rings is 1. The van der Waals surface area contributed by atoms with Gasteiger partial charge in [0.2, 0.25) is 0 Å². The zero-order chi connectivity index (χ0) is 25.7. The third-order valence-electron chi connectivity index (χ3n) is 7.54. The highest BCUT2D eigenvalue weighted by atomic mass is 35.5. The molecule has 6 nitrogen and oxygen atoms in total. The minimum absolute atomic E-state index is 0.0267. The third-order valence-corrected chi connectivity index (χ3v) is 8.28. The van der Waals surface area contributed by atoms with Crippen molar-refractivity contribution in [2.24, 2.45) is 0 Å². The summed E-state index contributed by atoms with van der Waals surface area (Å²) in [5.74, 6) is 0.155. The minimum atomic E-state index is 0.0267. The quantitative estimate of drug-likeness (QED) is 0.495. The Labute approximate surface area is 224 Å². The maximum Gasteiger partial charge on any atom is 0.317 e. The van der Waals surface area contributed by atoms with E-state index in [-0.39, 0.29) is 17.9 Å². The molecule has 2 saturated heterocycles. The highest BCUT2D eigenvalue weighted by Gasteiger charge is 2.30. The molecule has 1 N–H and O–H groups in total. The van der Waals surface area contributed by atoms with Gasteiger partial charge in [-0.25, -0.2) is 4.79 Å². The molecule has 0 unspecified atom stereocenters. The van der Waals surface area contributed by atoms with Crippen molar-refractivity contribution in [3.63, 3.8) is 0 Å². The summed E-state index contributed by atoms with van der Waals surface area (Å²) in [6, 6.07) is 13.9. The molecule has 8 heteroatoms.